The lowest BCUT2D eigenvalue weighted by Gasteiger charge is -2.28. The Bertz CT molecular complexity index is 422. The van der Waals surface area contributed by atoms with E-state index in [9.17, 15) is 4.79 Å². The normalized spacial score (nSPS) is 19.6. The van der Waals surface area contributed by atoms with Crippen LogP contribution in [-0.2, 0) is 4.79 Å². The van der Waals surface area contributed by atoms with Crippen molar-refractivity contribution in [2.24, 2.45) is 5.92 Å². The van der Waals surface area contributed by atoms with Crippen LogP contribution in [0.15, 0.2) is 12.3 Å². The molecule has 3 N–H and O–H groups in total. The van der Waals surface area contributed by atoms with E-state index in [1.165, 1.54) is 12.8 Å². The first-order chi connectivity index (χ1) is 8.83. The highest BCUT2D eigenvalue weighted by Crippen LogP contribution is 2.27. The first-order valence-corrected chi connectivity index (χ1v) is 6.58. The molecule has 18 heavy (non-hydrogen) atoms. The summed E-state index contributed by atoms with van der Waals surface area (Å²) in [5.74, 6) is 1.59. The van der Waals surface area contributed by atoms with E-state index in [2.05, 4.69) is 21.0 Å². The van der Waals surface area contributed by atoms with E-state index in [0.717, 1.165) is 31.4 Å². The molecule has 1 aromatic heterocycles. The van der Waals surface area contributed by atoms with Crippen LogP contribution in [0.4, 0.5) is 5.82 Å². The van der Waals surface area contributed by atoms with Crippen LogP contribution in [-0.4, -0.2) is 41.9 Å². The smallest absolute Gasteiger partial charge is 0.239 e. The van der Waals surface area contributed by atoms with Crippen LogP contribution in [0.25, 0.3) is 0 Å². The number of hydrogen-bond donors (Lipinski definition) is 3. The molecular formula is C12H19N5O. The fraction of sp³-hybridized carbons (Fsp3) is 0.667. The molecule has 98 valence electrons. The maximum atomic E-state index is 11.8. The van der Waals surface area contributed by atoms with Crippen LogP contribution in [0, 0.1) is 5.92 Å². The first kappa shape index (κ1) is 11.7. The molecule has 1 aliphatic heterocycles. The second-order valence-corrected chi connectivity index (χ2v) is 5.10. The highest BCUT2D eigenvalue weighted by molar-refractivity contribution is 5.91. The van der Waals surface area contributed by atoms with Crippen molar-refractivity contribution in [3.05, 3.63) is 12.3 Å². The van der Waals surface area contributed by atoms with Crippen molar-refractivity contribution < 1.29 is 4.79 Å². The number of anilines is 1. The molecule has 3 rings (SSSR count). The molecule has 0 bridgehead atoms. The van der Waals surface area contributed by atoms with E-state index < -0.39 is 0 Å². The van der Waals surface area contributed by atoms with Crippen molar-refractivity contribution in [1.29, 1.82) is 0 Å². The van der Waals surface area contributed by atoms with E-state index in [-0.39, 0.29) is 5.91 Å². The average Bonchev–Trinajstić information content (AvgIpc) is 2.99. The summed E-state index contributed by atoms with van der Waals surface area (Å²) in [4.78, 5) is 11.8. The molecule has 1 aliphatic carbocycles. The van der Waals surface area contributed by atoms with Gasteiger partial charge in [0, 0.05) is 19.2 Å². The Labute approximate surface area is 106 Å². The standard InChI is InChI=1S/C12H19N5O/c18-12(8-13-5-9-1-2-9)16-11-3-4-15-17(11)10-6-14-7-10/h3-4,9-10,13-14H,1-2,5-8H2,(H,16,18). The summed E-state index contributed by atoms with van der Waals surface area (Å²) in [6, 6.07) is 2.21. The van der Waals surface area contributed by atoms with Gasteiger partial charge < -0.3 is 16.0 Å². The molecule has 6 heteroatoms. The topological polar surface area (TPSA) is 71.0 Å². The number of nitrogens with zero attached hydrogens (tertiary/aromatic N) is 2. The number of amides is 1. The largest absolute Gasteiger partial charge is 0.312 e. The van der Waals surface area contributed by atoms with Gasteiger partial charge in [-0.3, -0.25) is 4.79 Å². The van der Waals surface area contributed by atoms with Crippen LogP contribution >= 0.6 is 0 Å². The Kier molecular flexibility index (Phi) is 3.29. The minimum atomic E-state index is 0.00434. The van der Waals surface area contributed by atoms with Gasteiger partial charge in [-0.2, -0.15) is 5.10 Å². The van der Waals surface area contributed by atoms with E-state index >= 15 is 0 Å². The van der Waals surface area contributed by atoms with Gasteiger partial charge in [-0.15, -0.1) is 0 Å². The number of nitrogens with one attached hydrogen (secondary N) is 3. The zero-order chi connectivity index (χ0) is 12.4. The van der Waals surface area contributed by atoms with Crippen molar-refractivity contribution in [3.8, 4) is 0 Å². The summed E-state index contributed by atoms with van der Waals surface area (Å²) in [5.41, 5.74) is 0. The molecule has 0 radical (unpaired) electrons. The van der Waals surface area contributed by atoms with Gasteiger partial charge in [0.05, 0.1) is 18.8 Å². The summed E-state index contributed by atoms with van der Waals surface area (Å²) in [6.45, 7) is 3.18. The third kappa shape index (κ3) is 2.70. The lowest BCUT2D eigenvalue weighted by Crippen LogP contribution is -2.44. The second kappa shape index (κ2) is 5.07. The summed E-state index contributed by atoms with van der Waals surface area (Å²) >= 11 is 0. The second-order valence-electron chi connectivity index (χ2n) is 5.10. The predicted molar refractivity (Wildman–Crippen MR) is 68.4 cm³/mol. The molecule has 6 nitrogen and oxygen atoms in total. The fourth-order valence-corrected chi connectivity index (χ4v) is 2.05. The van der Waals surface area contributed by atoms with Crippen molar-refractivity contribution in [1.82, 2.24) is 20.4 Å². The molecule has 1 aromatic rings. The molecular weight excluding hydrogens is 230 g/mol. The van der Waals surface area contributed by atoms with Crippen molar-refractivity contribution >= 4 is 11.7 Å². The predicted octanol–water partition coefficient (Wildman–Crippen LogP) is -0.0345. The van der Waals surface area contributed by atoms with Gasteiger partial charge in [0.2, 0.25) is 5.91 Å². The molecule has 2 heterocycles. The van der Waals surface area contributed by atoms with Gasteiger partial charge in [-0.1, -0.05) is 0 Å². The lowest BCUT2D eigenvalue weighted by molar-refractivity contribution is -0.115. The number of rotatable bonds is 6. The highest BCUT2D eigenvalue weighted by Gasteiger charge is 2.23. The minimum absolute atomic E-state index is 0.00434. The molecule has 0 spiro atoms. The van der Waals surface area contributed by atoms with Crippen LogP contribution in [0.1, 0.15) is 18.9 Å². The highest BCUT2D eigenvalue weighted by atomic mass is 16.2. The van der Waals surface area contributed by atoms with Gasteiger partial charge in [0.15, 0.2) is 0 Å². The summed E-state index contributed by atoms with van der Waals surface area (Å²) in [6.07, 6.45) is 4.33. The van der Waals surface area contributed by atoms with E-state index in [1.807, 2.05) is 10.7 Å². The third-order valence-electron chi connectivity index (χ3n) is 3.46. The Morgan fingerprint density at radius 2 is 2.33 bits per heavy atom. The lowest BCUT2D eigenvalue weighted by atomic mass is 10.2. The van der Waals surface area contributed by atoms with Crippen LogP contribution in [0.2, 0.25) is 0 Å². The van der Waals surface area contributed by atoms with E-state index in [4.69, 9.17) is 0 Å². The Morgan fingerprint density at radius 1 is 1.50 bits per heavy atom. The summed E-state index contributed by atoms with van der Waals surface area (Å²) in [5, 5.41) is 13.5. The van der Waals surface area contributed by atoms with Crippen molar-refractivity contribution in [3.63, 3.8) is 0 Å². The first-order valence-electron chi connectivity index (χ1n) is 6.58. The zero-order valence-corrected chi connectivity index (χ0v) is 10.4. The molecule has 1 saturated heterocycles. The van der Waals surface area contributed by atoms with E-state index in [1.54, 1.807) is 6.20 Å². The zero-order valence-electron chi connectivity index (χ0n) is 10.4. The Morgan fingerprint density at radius 3 is 3.00 bits per heavy atom. The van der Waals surface area contributed by atoms with Crippen LogP contribution in [0.3, 0.4) is 0 Å². The maximum Gasteiger partial charge on any atom is 0.239 e. The summed E-state index contributed by atoms with van der Waals surface area (Å²) < 4.78 is 1.88. The number of hydrogen-bond acceptors (Lipinski definition) is 4. The molecule has 1 amide bonds. The van der Waals surface area contributed by atoms with Crippen molar-refractivity contribution in [2.45, 2.75) is 18.9 Å². The Balaban J connectivity index is 1.48. The monoisotopic (exact) mass is 249 g/mol. The minimum Gasteiger partial charge on any atom is -0.312 e. The molecule has 0 atom stereocenters. The number of carbonyl (C=O) groups is 1. The Hall–Kier alpha value is -1.40. The molecule has 1 saturated carbocycles. The molecule has 2 fully saturated rings. The van der Waals surface area contributed by atoms with Crippen molar-refractivity contribution in [2.75, 3.05) is 31.5 Å². The fourth-order valence-electron chi connectivity index (χ4n) is 2.05. The van der Waals surface area contributed by atoms with Gasteiger partial charge in [-0.25, -0.2) is 4.68 Å². The third-order valence-corrected chi connectivity index (χ3v) is 3.46. The van der Waals surface area contributed by atoms with Gasteiger partial charge in [-0.05, 0) is 25.3 Å². The summed E-state index contributed by atoms with van der Waals surface area (Å²) in [7, 11) is 0. The van der Waals surface area contributed by atoms with E-state index in [0.29, 0.717) is 12.6 Å². The van der Waals surface area contributed by atoms with Gasteiger partial charge in [0.25, 0.3) is 0 Å². The van der Waals surface area contributed by atoms with Crippen LogP contribution in [0.5, 0.6) is 0 Å². The number of carbonyl (C=O) groups excluding carboxylic acids is 1. The maximum absolute atomic E-state index is 11.8. The molecule has 0 unspecified atom stereocenters. The quantitative estimate of drug-likeness (QED) is 0.662. The van der Waals surface area contributed by atoms with Gasteiger partial charge >= 0.3 is 0 Å². The number of aromatic nitrogens is 2. The van der Waals surface area contributed by atoms with Gasteiger partial charge in [0.1, 0.15) is 5.82 Å². The average molecular weight is 249 g/mol. The SMILES string of the molecule is O=C(CNCC1CC1)Nc1ccnn1C1CNC1. The van der Waals surface area contributed by atoms with Crippen LogP contribution < -0.4 is 16.0 Å². The molecule has 0 aromatic carbocycles. The molecule has 2 aliphatic rings.